The van der Waals surface area contributed by atoms with Gasteiger partial charge in [0.25, 0.3) is 5.92 Å². The molecule has 0 N–H and O–H groups in total. The first-order chi connectivity index (χ1) is 11.9. The van der Waals surface area contributed by atoms with Gasteiger partial charge in [-0.3, -0.25) is 4.79 Å². The number of carbonyl (C=O) groups excluding carboxylic acids is 2. The van der Waals surface area contributed by atoms with Gasteiger partial charge in [0.15, 0.2) is 5.78 Å². The lowest BCUT2D eigenvalue weighted by molar-refractivity contribution is -0.0772. The van der Waals surface area contributed by atoms with Gasteiger partial charge >= 0.3 is 6.09 Å². The van der Waals surface area contributed by atoms with Gasteiger partial charge in [-0.05, 0) is 39.3 Å². The van der Waals surface area contributed by atoms with Crippen molar-refractivity contribution in [1.29, 1.82) is 0 Å². The van der Waals surface area contributed by atoms with Crippen LogP contribution in [-0.2, 0) is 4.74 Å². The average molecular weight is 370 g/mol. The molecule has 0 aromatic carbocycles. The summed E-state index contributed by atoms with van der Waals surface area (Å²) in [5.41, 5.74) is -0.389. The van der Waals surface area contributed by atoms with E-state index >= 15 is 0 Å². The maximum Gasteiger partial charge on any atom is 0.410 e. The standard InChI is InChI=1S/C18H24F2N2O4/c1-11(23)13-8-12(9-21-15(13)25-5)14-10-22(7-6-18(14,19)20)16(24)26-17(2,3)4/h8-9,14H,6-7,10H2,1-5H3. The predicted molar refractivity (Wildman–Crippen MR) is 90.9 cm³/mol. The number of hydrogen-bond acceptors (Lipinski definition) is 5. The Morgan fingerprint density at radius 2 is 2.00 bits per heavy atom. The summed E-state index contributed by atoms with van der Waals surface area (Å²) in [6, 6.07) is 1.37. The molecule has 1 aromatic heterocycles. The molecule has 0 spiro atoms. The lowest BCUT2D eigenvalue weighted by atomic mass is 9.87. The Hall–Kier alpha value is -2.25. The molecule has 8 heteroatoms. The van der Waals surface area contributed by atoms with Gasteiger partial charge in [-0.25, -0.2) is 18.6 Å². The molecule has 1 fully saturated rings. The number of piperidine rings is 1. The van der Waals surface area contributed by atoms with Gasteiger partial charge in [-0.15, -0.1) is 0 Å². The third-order valence-electron chi connectivity index (χ3n) is 4.13. The number of methoxy groups -OCH3 is 1. The average Bonchev–Trinajstić information content (AvgIpc) is 2.52. The zero-order valence-electron chi connectivity index (χ0n) is 15.6. The summed E-state index contributed by atoms with van der Waals surface area (Å²) in [6.07, 6.45) is 0.145. The van der Waals surface area contributed by atoms with E-state index < -0.39 is 30.0 Å². The van der Waals surface area contributed by atoms with Gasteiger partial charge in [0.2, 0.25) is 5.88 Å². The molecule has 2 rings (SSSR count). The number of aromatic nitrogens is 1. The lowest BCUT2D eigenvalue weighted by Crippen LogP contribution is -2.49. The van der Waals surface area contributed by atoms with Crippen molar-refractivity contribution in [2.24, 2.45) is 0 Å². The largest absolute Gasteiger partial charge is 0.480 e. The Bertz CT molecular complexity index is 701. The van der Waals surface area contributed by atoms with Crippen molar-refractivity contribution >= 4 is 11.9 Å². The summed E-state index contributed by atoms with van der Waals surface area (Å²) in [6.45, 7) is 6.15. The maximum absolute atomic E-state index is 14.5. The first-order valence-corrected chi connectivity index (χ1v) is 8.35. The first-order valence-electron chi connectivity index (χ1n) is 8.35. The van der Waals surface area contributed by atoms with Crippen LogP contribution in [0.25, 0.3) is 0 Å². The van der Waals surface area contributed by atoms with Crippen molar-refractivity contribution < 1.29 is 27.8 Å². The van der Waals surface area contributed by atoms with Crippen molar-refractivity contribution in [1.82, 2.24) is 9.88 Å². The Labute approximate surface area is 151 Å². The highest BCUT2D eigenvalue weighted by Crippen LogP contribution is 2.41. The quantitative estimate of drug-likeness (QED) is 0.760. The molecule has 6 nitrogen and oxygen atoms in total. The number of amides is 1. The van der Waals surface area contributed by atoms with E-state index in [2.05, 4.69) is 4.98 Å². The summed E-state index contributed by atoms with van der Waals surface area (Å²) >= 11 is 0. The highest BCUT2D eigenvalue weighted by Gasteiger charge is 2.47. The molecule has 0 saturated carbocycles. The second-order valence-corrected chi connectivity index (χ2v) is 7.37. The number of rotatable bonds is 3. The van der Waals surface area contributed by atoms with Crippen LogP contribution in [0, 0.1) is 0 Å². The van der Waals surface area contributed by atoms with Crippen LogP contribution >= 0.6 is 0 Å². The zero-order valence-corrected chi connectivity index (χ0v) is 15.6. The number of ketones is 1. The molecular weight excluding hydrogens is 346 g/mol. The van der Waals surface area contributed by atoms with Gasteiger partial charge in [0, 0.05) is 25.7 Å². The van der Waals surface area contributed by atoms with Crippen molar-refractivity contribution in [3.05, 3.63) is 23.4 Å². The van der Waals surface area contributed by atoms with Crippen LogP contribution in [0.1, 0.15) is 56.0 Å². The van der Waals surface area contributed by atoms with Crippen LogP contribution in [0.2, 0.25) is 0 Å². The monoisotopic (exact) mass is 370 g/mol. The molecular formula is C18H24F2N2O4. The number of halogens is 2. The second kappa shape index (κ2) is 7.17. The van der Waals surface area contributed by atoms with Crippen molar-refractivity contribution in [2.75, 3.05) is 20.2 Å². The Morgan fingerprint density at radius 3 is 2.54 bits per heavy atom. The third-order valence-corrected chi connectivity index (χ3v) is 4.13. The molecule has 1 saturated heterocycles. The van der Waals surface area contributed by atoms with Gasteiger partial charge in [-0.1, -0.05) is 0 Å². The van der Waals surface area contributed by atoms with Crippen LogP contribution in [0.3, 0.4) is 0 Å². The number of hydrogen-bond donors (Lipinski definition) is 0. The fraction of sp³-hybridized carbons (Fsp3) is 0.611. The molecule has 0 aliphatic carbocycles. The Balaban J connectivity index is 2.32. The molecule has 1 amide bonds. The highest BCUT2D eigenvalue weighted by molar-refractivity contribution is 5.96. The fourth-order valence-corrected chi connectivity index (χ4v) is 2.82. The first kappa shape index (κ1) is 20.1. The summed E-state index contributed by atoms with van der Waals surface area (Å²) in [5, 5.41) is 0. The minimum Gasteiger partial charge on any atom is -0.480 e. The number of Topliss-reactive ketones (excluding diaryl/α,β-unsaturated/α-hetero) is 1. The summed E-state index contributed by atoms with van der Waals surface area (Å²) in [5.74, 6) is -4.55. The molecule has 144 valence electrons. The minimum atomic E-state index is -3.02. The Morgan fingerprint density at radius 1 is 1.35 bits per heavy atom. The molecule has 0 bridgehead atoms. The van der Waals surface area contributed by atoms with E-state index in [1.54, 1.807) is 20.8 Å². The molecule has 26 heavy (non-hydrogen) atoms. The van der Waals surface area contributed by atoms with Crippen LogP contribution in [0.4, 0.5) is 13.6 Å². The number of likely N-dealkylation sites (tertiary alicyclic amines) is 1. The number of nitrogens with zero attached hydrogens (tertiary/aromatic N) is 2. The van der Waals surface area contributed by atoms with E-state index in [1.807, 2.05) is 0 Å². The normalized spacial score (nSPS) is 19.8. The number of carbonyl (C=O) groups is 2. The molecule has 1 aliphatic rings. The molecule has 2 heterocycles. The van der Waals surface area contributed by atoms with Gasteiger partial charge < -0.3 is 14.4 Å². The van der Waals surface area contributed by atoms with E-state index in [9.17, 15) is 18.4 Å². The molecule has 1 aromatic rings. The molecule has 1 aliphatic heterocycles. The van der Waals surface area contributed by atoms with Crippen molar-refractivity contribution in [2.45, 2.75) is 51.6 Å². The zero-order chi connectivity index (χ0) is 19.7. The number of pyridine rings is 1. The summed E-state index contributed by atoms with van der Waals surface area (Å²) in [7, 11) is 1.36. The van der Waals surface area contributed by atoms with Crippen molar-refractivity contribution in [3.63, 3.8) is 0 Å². The van der Waals surface area contributed by atoms with E-state index in [0.29, 0.717) is 0 Å². The summed E-state index contributed by atoms with van der Waals surface area (Å²) < 4.78 is 39.3. The smallest absolute Gasteiger partial charge is 0.410 e. The highest BCUT2D eigenvalue weighted by atomic mass is 19.3. The van der Waals surface area contributed by atoms with Crippen LogP contribution in [0.15, 0.2) is 12.3 Å². The fourth-order valence-electron chi connectivity index (χ4n) is 2.82. The van der Waals surface area contributed by atoms with E-state index in [4.69, 9.17) is 9.47 Å². The van der Waals surface area contributed by atoms with Gasteiger partial charge in [0.1, 0.15) is 5.60 Å². The maximum atomic E-state index is 14.5. The topological polar surface area (TPSA) is 68.7 Å². The number of ether oxygens (including phenoxy) is 2. The Kier molecular flexibility index (Phi) is 5.53. The van der Waals surface area contributed by atoms with E-state index in [0.717, 1.165) is 0 Å². The van der Waals surface area contributed by atoms with Crippen LogP contribution in [-0.4, -0.2) is 53.5 Å². The van der Waals surface area contributed by atoms with Crippen LogP contribution in [0.5, 0.6) is 5.88 Å². The van der Waals surface area contributed by atoms with Gasteiger partial charge in [-0.2, -0.15) is 0 Å². The van der Waals surface area contributed by atoms with E-state index in [1.165, 1.54) is 31.2 Å². The molecule has 0 radical (unpaired) electrons. The lowest BCUT2D eigenvalue weighted by Gasteiger charge is -2.39. The second-order valence-electron chi connectivity index (χ2n) is 7.37. The summed E-state index contributed by atoms with van der Waals surface area (Å²) in [4.78, 5) is 29.3. The van der Waals surface area contributed by atoms with Crippen LogP contribution < -0.4 is 4.74 Å². The molecule has 1 atom stereocenters. The predicted octanol–water partition coefficient (Wildman–Crippen LogP) is 3.65. The third kappa shape index (κ3) is 4.47. The minimum absolute atomic E-state index is 0.0874. The number of alkyl halides is 2. The molecule has 1 unspecified atom stereocenters. The van der Waals surface area contributed by atoms with Crippen molar-refractivity contribution in [3.8, 4) is 5.88 Å². The SMILES string of the molecule is COc1ncc(C2CN(C(=O)OC(C)(C)C)CCC2(F)F)cc1C(C)=O. The van der Waals surface area contributed by atoms with Gasteiger partial charge in [0.05, 0.1) is 18.6 Å². The van der Waals surface area contributed by atoms with E-state index in [-0.39, 0.29) is 35.9 Å².